The second-order valence-electron chi connectivity index (χ2n) is 9.11. The molecule has 2 amide bonds. The van der Waals surface area contributed by atoms with Crippen molar-refractivity contribution in [2.24, 2.45) is 5.41 Å². The van der Waals surface area contributed by atoms with E-state index in [1.54, 1.807) is 45.3 Å². The minimum Gasteiger partial charge on any atom is -0.467 e. The summed E-state index contributed by atoms with van der Waals surface area (Å²) in [6.45, 7) is 11.1. The third kappa shape index (κ3) is 9.91. The Morgan fingerprint density at radius 1 is 1.07 bits per heavy atom. The van der Waals surface area contributed by atoms with Crippen LogP contribution in [0, 0.1) is 5.41 Å². The zero-order chi connectivity index (χ0) is 22.2. The van der Waals surface area contributed by atoms with Crippen molar-refractivity contribution in [1.82, 2.24) is 15.6 Å². The Morgan fingerprint density at radius 3 is 2.21 bits per heavy atom. The van der Waals surface area contributed by atoms with Crippen LogP contribution in [-0.2, 0) is 25.5 Å². The van der Waals surface area contributed by atoms with Crippen molar-refractivity contribution in [2.75, 3.05) is 7.11 Å². The second-order valence-corrected chi connectivity index (χ2v) is 9.11. The van der Waals surface area contributed by atoms with Gasteiger partial charge < -0.3 is 20.1 Å². The van der Waals surface area contributed by atoms with Gasteiger partial charge in [0.15, 0.2) is 0 Å². The molecule has 0 saturated heterocycles. The maximum atomic E-state index is 12.9. The lowest BCUT2D eigenvalue weighted by molar-refractivity contribution is -0.145. The fraction of sp³-hybridized carbons (Fsp3) is 0.619. The summed E-state index contributed by atoms with van der Waals surface area (Å²) in [5.74, 6) is -1.06. The fourth-order valence-electron chi connectivity index (χ4n) is 2.63. The average Bonchev–Trinajstić information content (AvgIpc) is 2.57. The Hall–Kier alpha value is -2.64. The molecule has 0 fully saturated rings. The van der Waals surface area contributed by atoms with E-state index in [1.807, 2.05) is 20.8 Å². The first-order chi connectivity index (χ1) is 13.3. The Balaban J connectivity index is 2.95. The third-order valence-electron chi connectivity index (χ3n) is 3.79. The first-order valence-electron chi connectivity index (χ1n) is 9.57. The largest absolute Gasteiger partial charge is 0.467 e. The maximum absolute atomic E-state index is 12.9. The standard InChI is InChI=1S/C21H33N3O5/c1-20(2,3)12-16(24-19(27)29-21(4,5)6)17(25)23-15(18(26)28-7)11-14-9-8-10-22-13-14/h8-10,13,15-16H,11-12H2,1-7H3,(H,23,25)(H,24,27)/t15-,16+/m0/s1. The van der Waals surface area contributed by atoms with E-state index < -0.39 is 35.7 Å². The van der Waals surface area contributed by atoms with Gasteiger partial charge in [-0.25, -0.2) is 9.59 Å². The number of pyridine rings is 1. The van der Waals surface area contributed by atoms with Crippen LogP contribution in [0.1, 0.15) is 53.5 Å². The number of nitrogens with zero attached hydrogens (tertiary/aromatic N) is 1. The van der Waals surface area contributed by atoms with Crippen molar-refractivity contribution in [1.29, 1.82) is 0 Å². The molecule has 1 aromatic rings. The highest BCUT2D eigenvalue weighted by atomic mass is 16.6. The predicted octanol–water partition coefficient (Wildman–Crippen LogP) is 2.61. The zero-order valence-corrected chi connectivity index (χ0v) is 18.4. The number of hydrogen-bond donors (Lipinski definition) is 2. The maximum Gasteiger partial charge on any atom is 0.408 e. The summed E-state index contributed by atoms with van der Waals surface area (Å²) in [6, 6.07) is 1.78. The lowest BCUT2D eigenvalue weighted by atomic mass is 9.87. The molecular weight excluding hydrogens is 374 g/mol. The van der Waals surface area contributed by atoms with Crippen molar-refractivity contribution in [3.63, 3.8) is 0 Å². The minimum absolute atomic E-state index is 0.223. The third-order valence-corrected chi connectivity index (χ3v) is 3.79. The molecule has 2 N–H and O–H groups in total. The highest BCUT2D eigenvalue weighted by Crippen LogP contribution is 2.21. The van der Waals surface area contributed by atoms with Gasteiger partial charge in [0.2, 0.25) is 5.91 Å². The number of esters is 1. The number of methoxy groups -OCH3 is 1. The number of aromatic nitrogens is 1. The number of alkyl carbamates (subject to hydrolysis) is 1. The topological polar surface area (TPSA) is 107 Å². The van der Waals surface area contributed by atoms with Gasteiger partial charge in [-0.1, -0.05) is 26.8 Å². The number of amides is 2. The van der Waals surface area contributed by atoms with Gasteiger partial charge in [-0.3, -0.25) is 9.78 Å². The highest BCUT2D eigenvalue weighted by Gasteiger charge is 2.31. The molecule has 2 atom stereocenters. The molecule has 1 heterocycles. The van der Waals surface area contributed by atoms with E-state index >= 15 is 0 Å². The number of hydrogen-bond acceptors (Lipinski definition) is 6. The van der Waals surface area contributed by atoms with Crippen molar-refractivity contribution in [2.45, 2.75) is 72.1 Å². The van der Waals surface area contributed by atoms with Gasteiger partial charge in [0, 0.05) is 18.8 Å². The number of ether oxygens (including phenoxy) is 2. The predicted molar refractivity (Wildman–Crippen MR) is 109 cm³/mol. The molecule has 162 valence electrons. The van der Waals surface area contributed by atoms with E-state index in [4.69, 9.17) is 9.47 Å². The minimum atomic E-state index is -0.903. The Labute approximate surface area is 172 Å². The summed E-state index contributed by atoms with van der Waals surface area (Å²) in [5, 5.41) is 5.31. The molecular formula is C21H33N3O5. The van der Waals surface area contributed by atoms with Gasteiger partial charge in [0.25, 0.3) is 0 Å². The summed E-state index contributed by atoms with van der Waals surface area (Å²) < 4.78 is 10.1. The van der Waals surface area contributed by atoms with Gasteiger partial charge in [-0.2, -0.15) is 0 Å². The van der Waals surface area contributed by atoms with Crippen molar-refractivity contribution in [3.8, 4) is 0 Å². The SMILES string of the molecule is COC(=O)[C@H](Cc1cccnc1)NC(=O)[C@@H](CC(C)(C)C)NC(=O)OC(C)(C)C. The van der Waals surface area contributed by atoms with Crippen LogP contribution >= 0.6 is 0 Å². The van der Waals surface area contributed by atoms with Gasteiger partial charge in [-0.05, 0) is 44.2 Å². The Morgan fingerprint density at radius 2 is 1.72 bits per heavy atom. The molecule has 1 rings (SSSR count). The molecule has 0 aromatic carbocycles. The normalized spacial score (nSPS) is 13.8. The Bertz CT molecular complexity index is 693. The van der Waals surface area contributed by atoms with E-state index in [1.165, 1.54) is 7.11 Å². The van der Waals surface area contributed by atoms with E-state index in [0.717, 1.165) is 5.56 Å². The van der Waals surface area contributed by atoms with Crippen LogP contribution in [0.15, 0.2) is 24.5 Å². The molecule has 0 spiro atoms. The van der Waals surface area contributed by atoms with Crippen molar-refractivity contribution in [3.05, 3.63) is 30.1 Å². The van der Waals surface area contributed by atoms with Crippen LogP contribution in [0.5, 0.6) is 0 Å². The Kier molecular flexibility index (Phi) is 8.60. The zero-order valence-electron chi connectivity index (χ0n) is 18.4. The molecule has 0 bridgehead atoms. The molecule has 0 aliphatic carbocycles. The lowest BCUT2D eigenvalue weighted by Gasteiger charge is -2.28. The first-order valence-corrected chi connectivity index (χ1v) is 9.57. The molecule has 8 nitrogen and oxygen atoms in total. The number of carbonyl (C=O) groups is 3. The molecule has 0 unspecified atom stereocenters. The van der Waals surface area contributed by atoms with Crippen LogP contribution in [-0.4, -0.2) is 47.7 Å². The summed E-state index contributed by atoms with van der Waals surface area (Å²) in [4.78, 5) is 41.4. The van der Waals surface area contributed by atoms with E-state index in [0.29, 0.717) is 6.42 Å². The van der Waals surface area contributed by atoms with Crippen LogP contribution < -0.4 is 10.6 Å². The van der Waals surface area contributed by atoms with E-state index in [9.17, 15) is 14.4 Å². The average molecular weight is 408 g/mol. The second kappa shape index (κ2) is 10.2. The molecule has 0 aliphatic heterocycles. The van der Waals surface area contributed by atoms with Gasteiger partial charge >= 0.3 is 12.1 Å². The molecule has 0 aliphatic rings. The fourth-order valence-corrected chi connectivity index (χ4v) is 2.63. The van der Waals surface area contributed by atoms with Gasteiger partial charge in [0.1, 0.15) is 17.7 Å². The summed E-state index contributed by atoms with van der Waals surface area (Å²) in [5.41, 5.74) is -0.168. The van der Waals surface area contributed by atoms with Crippen molar-refractivity contribution >= 4 is 18.0 Å². The first kappa shape index (κ1) is 24.4. The van der Waals surface area contributed by atoms with Crippen LogP contribution in [0.25, 0.3) is 0 Å². The summed E-state index contributed by atoms with van der Waals surface area (Å²) in [7, 11) is 1.26. The van der Waals surface area contributed by atoms with Crippen molar-refractivity contribution < 1.29 is 23.9 Å². The van der Waals surface area contributed by atoms with Gasteiger partial charge in [-0.15, -0.1) is 0 Å². The monoisotopic (exact) mass is 407 g/mol. The van der Waals surface area contributed by atoms with E-state index in [2.05, 4.69) is 15.6 Å². The summed E-state index contributed by atoms with van der Waals surface area (Å²) in [6.07, 6.45) is 3.14. The number of nitrogens with one attached hydrogen (secondary N) is 2. The van der Waals surface area contributed by atoms with Gasteiger partial charge in [0.05, 0.1) is 7.11 Å². The number of rotatable bonds is 7. The lowest BCUT2D eigenvalue weighted by Crippen LogP contribution is -2.54. The quantitative estimate of drug-likeness (QED) is 0.673. The summed E-state index contributed by atoms with van der Waals surface area (Å²) >= 11 is 0. The molecule has 0 saturated carbocycles. The molecule has 8 heteroatoms. The smallest absolute Gasteiger partial charge is 0.408 e. The van der Waals surface area contributed by atoms with Crippen LogP contribution in [0.3, 0.4) is 0 Å². The highest BCUT2D eigenvalue weighted by molar-refractivity contribution is 5.89. The van der Waals surface area contributed by atoms with Crippen LogP contribution in [0.2, 0.25) is 0 Å². The molecule has 29 heavy (non-hydrogen) atoms. The molecule has 0 radical (unpaired) electrons. The van der Waals surface area contributed by atoms with E-state index in [-0.39, 0.29) is 11.8 Å². The number of carbonyl (C=O) groups excluding carboxylic acids is 3. The molecule has 1 aromatic heterocycles. The van der Waals surface area contributed by atoms with Crippen LogP contribution in [0.4, 0.5) is 4.79 Å².